The third-order valence-corrected chi connectivity index (χ3v) is 2.01. The predicted octanol–water partition coefficient (Wildman–Crippen LogP) is 0.706. The highest BCUT2D eigenvalue weighted by atomic mass is 16.5. The number of hydrogen-bond acceptors (Lipinski definition) is 2. The van der Waals surface area contributed by atoms with Gasteiger partial charge in [0.05, 0.1) is 0 Å². The Hall–Kier alpha value is -1.03. The fourth-order valence-electron chi connectivity index (χ4n) is 1.24. The van der Waals surface area contributed by atoms with Crippen LogP contribution in [0.5, 0.6) is 0 Å². The van der Waals surface area contributed by atoms with E-state index in [2.05, 4.69) is 0 Å². The highest BCUT2D eigenvalue weighted by Gasteiger charge is 1.99. The first-order valence-corrected chi connectivity index (χ1v) is 4.54. The van der Waals surface area contributed by atoms with Gasteiger partial charge in [0, 0.05) is 39.2 Å². The van der Waals surface area contributed by atoms with E-state index in [0.717, 1.165) is 19.5 Å². The molecule has 4 nitrogen and oxygen atoms in total. The zero-order chi connectivity index (χ0) is 9.68. The number of hydrogen-bond donors (Lipinski definition) is 0. The van der Waals surface area contributed by atoms with Crippen molar-refractivity contribution in [2.45, 2.75) is 26.4 Å². The topological polar surface area (TPSA) is 36.2 Å². The van der Waals surface area contributed by atoms with Crippen molar-refractivity contribution < 1.29 is 4.74 Å². The highest BCUT2D eigenvalue weighted by Crippen LogP contribution is 1.89. The average Bonchev–Trinajstić information content (AvgIpc) is 2.48. The summed E-state index contributed by atoms with van der Waals surface area (Å²) >= 11 is 0. The summed E-state index contributed by atoms with van der Waals surface area (Å²) in [6.45, 7) is 4.13. The molecule has 13 heavy (non-hydrogen) atoms. The van der Waals surface area contributed by atoms with Gasteiger partial charge in [-0.2, -0.15) is 0 Å². The highest BCUT2D eigenvalue weighted by molar-refractivity contribution is 4.80. The van der Waals surface area contributed by atoms with Crippen LogP contribution < -0.4 is 5.69 Å². The summed E-state index contributed by atoms with van der Waals surface area (Å²) in [6.07, 6.45) is 4.51. The maximum Gasteiger partial charge on any atom is 0.328 e. The molecule has 0 spiro atoms. The van der Waals surface area contributed by atoms with Crippen molar-refractivity contribution in [3.8, 4) is 0 Å². The van der Waals surface area contributed by atoms with Crippen molar-refractivity contribution in [2.24, 2.45) is 0 Å². The molecule has 0 saturated carbocycles. The third-order valence-electron chi connectivity index (χ3n) is 2.01. The Labute approximate surface area is 77.7 Å². The van der Waals surface area contributed by atoms with Gasteiger partial charge >= 0.3 is 5.69 Å². The summed E-state index contributed by atoms with van der Waals surface area (Å²) in [4.78, 5) is 11.5. The average molecular weight is 184 g/mol. The molecule has 0 amide bonds. The number of aromatic nitrogens is 2. The molecule has 0 aliphatic heterocycles. The van der Waals surface area contributed by atoms with E-state index < -0.39 is 0 Å². The van der Waals surface area contributed by atoms with Crippen LogP contribution in [0.25, 0.3) is 0 Å². The molecule has 1 heterocycles. The molecule has 0 bridgehead atoms. The second-order valence-electron chi connectivity index (χ2n) is 2.91. The minimum atomic E-state index is 0.0682. The molecule has 0 N–H and O–H groups in total. The SMILES string of the molecule is CCn1ccn(CCCOC)c1=O. The predicted molar refractivity (Wildman–Crippen MR) is 50.9 cm³/mol. The van der Waals surface area contributed by atoms with Crippen LogP contribution in [0.4, 0.5) is 0 Å². The first-order valence-electron chi connectivity index (χ1n) is 4.54. The Kier molecular flexibility index (Phi) is 3.76. The van der Waals surface area contributed by atoms with Gasteiger partial charge in [0.25, 0.3) is 0 Å². The van der Waals surface area contributed by atoms with Gasteiger partial charge in [-0.3, -0.25) is 9.13 Å². The first-order chi connectivity index (χ1) is 6.29. The minimum absolute atomic E-state index is 0.0682. The second-order valence-corrected chi connectivity index (χ2v) is 2.91. The summed E-state index contributed by atoms with van der Waals surface area (Å²) < 4.78 is 8.31. The van der Waals surface area contributed by atoms with Crippen LogP contribution in [0.15, 0.2) is 17.2 Å². The van der Waals surface area contributed by atoms with Gasteiger partial charge in [0.1, 0.15) is 0 Å². The number of nitrogens with zero attached hydrogens (tertiary/aromatic N) is 2. The van der Waals surface area contributed by atoms with E-state index in [9.17, 15) is 4.79 Å². The molecule has 0 radical (unpaired) electrons. The van der Waals surface area contributed by atoms with Crippen LogP contribution in [0.1, 0.15) is 13.3 Å². The summed E-state index contributed by atoms with van der Waals surface area (Å²) in [6, 6.07) is 0. The number of rotatable bonds is 5. The van der Waals surface area contributed by atoms with Crippen molar-refractivity contribution in [1.29, 1.82) is 0 Å². The van der Waals surface area contributed by atoms with E-state index in [1.165, 1.54) is 0 Å². The Morgan fingerprint density at radius 1 is 1.38 bits per heavy atom. The van der Waals surface area contributed by atoms with Crippen LogP contribution in [0, 0.1) is 0 Å². The molecule has 0 aromatic carbocycles. The number of imidazole rings is 1. The van der Waals surface area contributed by atoms with Crippen LogP contribution in [0.2, 0.25) is 0 Å². The van der Waals surface area contributed by atoms with Crippen molar-refractivity contribution >= 4 is 0 Å². The lowest BCUT2D eigenvalue weighted by Crippen LogP contribution is -2.23. The quantitative estimate of drug-likeness (QED) is 0.632. The number of methoxy groups -OCH3 is 1. The van der Waals surface area contributed by atoms with Gasteiger partial charge in [-0.1, -0.05) is 0 Å². The molecule has 0 saturated heterocycles. The van der Waals surface area contributed by atoms with Gasteiger partial charge in [0.15, 0.2) is 0 Å². The molecule has 1 aromatic heterocycles. The molecule has 1 aromatic rings. The van der Waals surface area contributed by atoms with Crippen molar-refractivity contribution in [3.05, 3.63) is 22.9 Å². The Morgan fingerprint density at radius 3 is 2.62 bits per heavy atom. The molecular weight excluding hydrogens is 168 g/mol. The molecule has 0 unspecified atom stereocenters. The van der Waals surface area contributed by atoms with E-state index in [0.29, 0.717) is 6.61 Å². The largest absolute Gasteiger partial charge is 0.385 e. The lowest BCUT2D eigenvalue weighted by atomic mass is 10.4. The van der Waals surface area contributed by atoms with E-state index >= 15 is 0 Å². The van der Waals surface area contributed by atoms with Crippen molar-refractivity contribution in [3.63, 3.8) is 0 Å². The zero-order valence-corrected chi connectivity index (χ0v) is 8.19. The zero-order valence-electron chi connectivity index (χ0n) is 8.19. The molecule has 4 heteroatoms. The van der Waals surface area contributed by atoms with E-state index in [4.69, 9.17) is 4.74 Å². The summed E-state index contributed by atoms with van der Waals surface area (Å²) in [7, 11) is 1.67. The second kappa shape index (κ2) is 4.87. The standard InChI is InChI=1S/C9H16N2O2/c1-3-10-6-7-11(9(10)12)5-4-8-13-2/h6-7H,3-5,8H2,1-2H3. The van der Waals surface area contributed by atoms with E-state index in [-0.39, 0.29) is 5.69 Å². The Morgan fingerprint density at radius 2 is 2.08 bits per heavy atom. The Bertz CT molecular complexity index is 301. The molecule has 0 aliphatic rings. The van der Waals surface area contributed by atoms with Gasteiger partial charge in [-0.25, -0.2) is 4.79 Å². The lowest BCUT2D eigenvalue weighted by molar-refractivity contribution is 0.190. The molecule has 0 atom stereocenters. The summed E-state index contributed by atoms with van der Waals surface area (Å²) in [5, 5.41) is 0. The smallest absolute Gasteiger partial charge is 0.328 e. The van der Waals surface area contributed by atoms with E-state index in [1.807, 2.05) is 19.3 Å². The summed E-state index contributed by atoms with van der Waals surface area (Å²) in [5.74, 6) is 0. The molecule has 0 fully saturated rings. The first kappa shape index (κ1) is 10.1. The maximum atomic E-state index is 11.5. The van der Waals surface area contributed by atoms with Crippen molar-refractivity contribution in [2.75, 3.05) is 13.7 Å². The van der Waals surface area contributed by atoms with Crippen LogP contribution >= 0.6 is 0 Å². The third kappa shape index (κ3) is 2.45. The fourth-order valence-corrected chi connectivity index (χ4v) is 1.24. The van der Waals surface area contributed by atoms with Crippen LogP contribution in [0.3, 0.4) is 0 Å². The lowest BCUT2D eigenvalue weighted by Gasteiger charge is -2.00. The van der Waals surface area contributed by atoms with E-state index in [1.54, 1.807) is 16.2 Å². The maximum absolute atomic E-state index is 11.5. The van der Waals surface area contributed by atoms with Crippen molar-refractivity contribution in [1.82, 2.24) is 9.13 Å². The van der Waals surface area contributed by atoms with Crippen LogP contribution in [-0.2, 0) is 17.8 Å². The minimum Gasteiger partial charge on any atom is -0.385 e. The number of aryl methyl sites for hydroxylation is 2. The van der Waals surface area contributed by atoms with Gasteiger partial charge < -0.3 is 4.74 Å². The fraction of sp³-hybridized carbons (Fsp3) is 0.667. The number of ether oxygens (including phenoxy) is 1. The molecule has 1 rings (SSSR count). The van der Waals surface area contributed by atoms with Gasteiger partial charge in [0.2, 0.25) is 0 Å². The van der Waals surface area contributed by atoms with Gasteiger partial charge in [-0.05, 0) is 13.3 Å². The monoisotopic (exact) mass is 184 g/mol. The van der Waals surface area contributed by atoms with Gasteiger partial charge in [-0.15, -0.1) is 0 Å². The molecule has 74 valence electrons. The van der Waals surface area contributed by atoms with Crippen LogP contribution in [-0.4, -0.2) is 22.9 Å². The Balaban J connectivity index is 2.57. The normalized spacial score (nSPS) is 10.6. The molecule has 0 aliphatic carbocycles. The summed E-state index contributed by atoms with van der Waals surface area (Å²) in [5.41, 5.74) is 0.0682. The molecular formula is C9H16N2O2.